The van der Waals surface area contributed by atoms with Crippen LogP contribution in [0.4, 0.5) is 17.6 Å². The molecule has 8 nitrogen and oxygen atoms in total. The van der Waals surface area contributed by atoms with Gasteiger partial charge in [-0.3, -0.25) is 4.99 Å². The molecule has 254 valence electrons. The zero-order valence-corrected chi connectivity index (χ0v) is 28.1. The van der Waals surface area contributed by atoms with E-state index in [0.29, 0.717) is 48.6 Å². The number of aliphatic hydroxyl groups is 1. The van der Waals surface area contributed by atoms with E-state index in [0.717, 1.165) is 10.6 Å². The Labute approximate surface area is 269 Å². The average Bonchev–Trinajstić information content (AvgIpc) is 3.35. The summed E-state index contributed by atoms with van der Waals surface area (Å²) in [5, 5.41) is 10.6. The Bertz CT molecular complexity index is 1480. The first-order valence-electron chi connectivity index (χ1n) is 15.5. The van der Waals surface area contributed by atoms with Gasteiger partial charge in [-0.25, -0.2) is 4.39 Å². The van der Waals surface area contributed by atoms with Crippen molar-refractivity contribution in [2.75, 3.05) is 40.0 Å². The van der Waals surface area contributed by atoms with E-state index in [1.54, 1.807) is 19.2 Å². The van der Waals surface area contributed by atoms with Gasteiger partial charge in [0.15, 0.2) is 0 Å². The van der Waals surface area contributed by atoms with Crippen LogP contribution in [0.25, 0.3) is 17.0 Å². The minimum atomic E-state index is -4.62. The first-order valence-corrected chi connectivity index (χ1v) is 15.5. The van der Waals surface area contributed by atoms with Gasteiger partial charge in [-0.2, -0.15) is 13.2 Å². The molecule has 2 aliphatic heterocycles. The van der Waals surface area contributed by atoms with Crippen LogP contribution in [0, 0.1) is 11.2 Å². The van der Waals surface area contributed by atoms with Gasteiger partial charge in [-0.15, -0.1) is 0 Å². The summed E-state index contributed by atoms with van der Waals surface area (Å²) in [6, 6.07) is 2.62. The molecule has 0 bridgehead atoms. The number of nitrogens with zero attached hydrogens (tertiary/aromatic N) is 3. The molecular formula is C33H46BF4N3O5. The molecule has 2 fully saturated rings. The van der Waals surface area contributed by atoms with E-state index in [9.17, 15) is 18.3 Å². The van der Waals surface area contributed by atoms with Crippen LogP contribution in [0.15, 0.2) is 35.1 Å². The van der Waals surface area contributed by atoms with Gasteiger partial charge < -0.3 is 33.4 Å². The molecule has 0 spiro atoms. The van der Waals surface area contributed by atoms with Crippen LogP contribution in [-0.4, -0.2) is 91.4 Å². The number of benzene rings is 1. The number of alkyl halides is 3. The highest BCUT2D eigenvalue weighted by atomic mass is 19.4. The van der Waals surface area contributed by atoms with E-state index in [4.69, 9.17) is 18.8 Å². The van der Waals surface area contributed by atoms with Gasteiger partial charge in [0.05, 0.1) is 41.7 Å². The first-order chi connectivity index (χ1) is 21.3. The second kappa shape index (κ2) is 13.4. The number of ether oxygens (including phenoxy) is 2. The van der Waals surface area contributed by atoms with Crippen molar-refractivity contribution in [3.05, 3.63) is 47.2 Å². The van der Waals surface area contributed by atoms with Crippen LogP contribution in [0.3, 0.4) is 0 Å². The molecule has 0 amide bonds. The van der Waals surface area contributed by atoms with Crippen molar-refractivity contribution in [1.29, 1.82) is 0 Å². The third-order valence-electron chi connectivity index (χ3n) is 9.09. The topological polar surface area (TPSA) is 77.7 Å². The van der Waals surface area contributed by atoms with Gasteiger partial charge in [-0.05, 0) is 70.2 Å². The molecule has 1 N–H and O–H groups in total. The number of allylic oxidation sites excluding steroid dienone is 1. The highest BCUT2D eigenvalue weighted by Crippen LogP contribution is 2.39. The number of aliphatic hydroxyl groups excluding tert-OH is 1. The van der Waals surface area contributed by atoms with Gasteiger partial charge in [0.1, 0.15) is 12.4 Å². The Hall–Kier alpha value is -2.71. The first kappa shape index (κ1) is 36.1. The molecule has 0 aliphatic carbocycles. The Morgan fingerprint density at radius 2 is 1.76 bits per heavy atom. The number of aliphatic imine (C=N–C) groups is 1. The van der Waals surface area contributed by atoms with E-state index >= 15 is 4.39 Å². The summed E-state index contributed by atoms with van der Waals surface area (Å²) in [4.78, 5) is 6.64. The lowest BCUT2D eigenvalue weighted by molar-refractivity contribution is -0.140. The van der Waals surface area contributed by atoms with Crippen molar-refractivity contribution in [1.82, 2.24) is 9.47 Å². The SMILES string of the molecule is C=C(C=N/C(=C/c1c(CC(C)(C)CO)c2cc(B3OC(C)(C)C(C)(C)O3)c(F)cc2n1CC(F)(F)F)[C@H](C)OC)N1CCOCC1. The summed E-state index contributed by atoms with van der Waals surface area (Å²) >= 11 is 0. The van der Waals surface area contributed by atoms with E-state index in [1.807, 2.05) is 46.4 Å². The fourth-order valence-corrected chi connectivity index (χ4v) is 5.46. The minimum Gasteiger partial charge on any atom is -0.399 e. The third-order valence-corrected chi connectivity index (χ3v) is 9.09. The Balaban J connectivity index is 1.96. The van der Waals surface area contributed by atoms with Crippen molar-refractivity contribution in [3.8, 4) is 0 Å². The number of halogens is 4. The van der Waals surface area contributed by atoms with Crippen molar-refractivity contribution in [2.24, 2.45) is 10.4 Å². The number of hydrogen-bond acceptors (Lipinski definition) is 7. The normalized spacial score (nSPS) is 19.9. The molecule has 0 radical (unpaired) electrons. The summed E-state index contributed by atoms with van der Waals surface area (Å²) in [6.45, 7) is 17.6. The molecule has 0 saturated carbocycles. The summed E-state index contributed by atoms with van der Waals surface area (Å²) in [6.07, 6.45) is -1.93. The molecule has 2 saturated heterocycles. The number of rotatable bonds is 11. The van der Waals surface area contributed by atoms with Crippen LogP contribution in [0.2, 0.25) is 0 Å². The minimum absolute atomic E-state index is 0.0520. The van der Waals surface area contributed by atoms with Gasteiger partial charge in [0, 0.05) is 55.3 Å². The molecule has 2 aliphatic rings. The lowest BCUT2D eigenvalue weighted by atomic mass is 9.77. The molecule has 4 rings (SSSR count). The quantitative estimate of drug-likeness (QED) is 0.197. The van der Waals surface area contributed by atoms with Crippen molar-refractivity contribution >= 4 is 35.8 Å². The number of fused-ring (bicyclic) bond motifs is 1. The van der Waals surface area contributed by atoms with Crippen molar-refractivity contribution in [2.45, 2.75) is 84.9 Å². The highest BCUT2D eigenvalue weighted by Gasteiger charge is 2.52. The molecular weight excluding hydrogens is 605 g/mol. The monoisotopic (exact) mass is 651 g/mol. The molecule has 13 heteroatoms. The van der Waals surface area contributed by atoms with Gasteiger partial charge in [-0.1, -0.05) is 20.4 Å². The van der Waals surface area contributed by atoms with Gasteiger partial charge in [0.2, 0.25) is 0 Å². The standard InChI is InChI=1S/C33H46BF4N3O5/c1-21(40-10-12-44-13-11-40)18-39-27(22(2)43-9)16-29-24(17-30(3,4)20-42)23-14-25(34-45-31(5,6)32(7,8)46-34)26(35)15-28(23)41(29)19-33(36,37)38/h14-16,18,22,42H,1,10-13,17,19-20H2,2-9H3/b27-16+,39-18?/t22-/m0/s1. The highest BCUT2D eigenvalue weighted by molar-refractivity contribution is 6.62. The Morgan fingerprint density at radius 1 is 1.15 bits per heavy atom. The average molecular weight is 652 g/mol. The molecule has 0 unspecified atom stereocenters. The fraction of sp³-hybridized carbons (Fsp3) is 0.606. The molecule has 1 aromatic heterocycles. The fourth-order valence-electron chi connectivity index (χ4n) is 5.46. The van der Waals surface area contributed by atoms with Crippen LogP contribution >= 0.6 is 0 Å². The summed E-state index contributed by atoms with van der Waals surface area (Å²) < 4.78 is 82.7. The number of hydrogen-bond donors (Lipinski definition) is 1. The Morgan fingerprint density at radius 3 is 2.30 bits per heavy atom. The second-order valence-corrected chi connectivity index (χ2v) is 13.8. The van der Waals surface area contributed by atoms with Crippen LogP contribution in [-0.2, 0) is 31.7 Å². The summed E-state index contributed by atoms with van der Waals surface area (Å²) in [5.74, 6) is -0.749. The summed E-state index contributed by atoms with van der Waals surface area (Å²) in [5.41, 5.74) is -0.445. The van der Waals surface area contributed by atoms with E-state index < -0.39 is 48.4 Å². The van der Waals surface area contributed by atoms with Crippen molar-refractivity contribution in [3.63, 3.8) is 0 Å². The molecule has 1 atom stereocenters. The Kier molecular flexibility index (Phi) is 10.5. The molecule has 3 heterocycles. The maximum Gasteiger partial charge on any atom is 0.497 e. The number of morpholine rings is 1. The molecule has 1 aromatic carbocycles. The van der Waals surface area contributed by atoms with E-state index in [2.05, 4.69) is 11.6 Å². The zero-order valence-electron chi connectivity index (χ0n) is 28.1. The van der Waals surface area contributed by atoms with Gasteiger partial charge >= 0.3 is 13.3 Å². The van der Waals surface area contributed by atoms with Crippen LogP contribution < -0.4 is 5.46 Å². The lowest BCUT2D eigenvalue weighted by Crippen LogP contribution is -2.41. The van der Waals surface area contributed by atoms with Crippen LogP contribution in [0.5, 0.6) is 0 Å². The smallest absolute Gasteiger partial charge is 0.399 e. The van der Waals surface area contributed by atoms with Gasteiger partial charge in [0.25, 0.3) is 0 Å². The van der Waals surface area contributed by atoms with Crippen LogP contribution in [0.1, 0.15) is 59.7 Å². The molecule has 46 heavy (non-hydrogen) atoms. The predicted molar refractivity (Wildman–Crippen MR) is 173 cm³/mol. The zero-order chi connectivity index (χ0) is 34.2. The maximum absolute atomic E-state index is 15.9. The van der Waals surface area contributed by atoms with E-state index in [-0.39, 0.29) is 29.7 Å². The second-order valence-electron chi connectivity index (χ2n) is 13.8. The van der Waals surface area contributed by atoms with Crippen molar-refractivity contribution < 1.29 is 41.5 Å². The third kappa shape index (κ3) is 7.87. The lowest BCUT2D eigenvalue weighted by Gasteiger charge is -2.32. The van der Waals surface area contributed by atoms with E-state index in [1.165, 1.54) is 13.2 Å². The largest absolute Gasteiger partial charge is 0.497 e. The predicted octanol–water partition coefficient (Wildman–Crippen LogP) is 5.50. The maximum atomic E-state index is 15.9. The molecule has 2 aromatic rings. The number of aromatic nitrogens is 1. The summed E-state index contributed by atoms with van der Waals surface area (Å²) in [7, 11) is 0.413. The number of methoxy groups -OCH3 is 1.